The number of amides is 1. The van der Waals surface area contributed by atoms with E-state index < -0.39 is 0 Å². The van der Waals surface area contributed by atoms with Crippen molar-refractivity contribution in [3.8, 4) is 0 Å². The molecule has 0 unspecified atom stereocenters. The predicted molar refractivity (Wildman–Crippen MR) is 124 cm³/mol. The van der Waals surface area contributed by atoms with E-state index in [1.165, 1.54) is 22.8 Å². The number of hydrogen-bond donors (Lipinski definition) is 1. The number of nitrogens with zero attached hydrogens (tertiary/aromatic N) is 3. The Hall–Kier alpha value is -2.73. The molecule has 1 aliphatic heterocycles. The quantitative estimate of drug-likeness (QED) is 0.628. The Morgan fingerprint density at radius 1 is 1.03 bits per heavy atom. The maximum atomic E-state index is 12.8. The van der Waals surface area contributed by atoms with Crippen LogP contribution in [0.1, 0.15) is 34.1 Å². The van der Waals surface area contributed by atoms with Crippen LogP contribution < -0.4 is 10.2 Å². The van der Waals surface area contributed by atoms with Gasteiger partial charge in [0.05, 0.1) is 24.0 Å². The van der Waals surface area contributed by atoms with Crippen LogP contribution in [-0.2, 0) is 19.5 Å². The van der Waals surface area contributed by atoms with Crippen molar-refractivity contribution in [2.45, 2.75) is 26.4 Å². The van der Waals surface area contributed by atoms with Crippen molar-refractivity contribution in [2.75, 3.05) is 29.5 Å². The lowest BCUT2D eigenvalue weighted by atomic mass is 10.1. The number of thioether (sulfide) groups is 1. The summed E-state index contributed by atoms with van der Waals surface area (Å²) in [5.41, 5.74) is 5.18. The highest BCUT2D eigenvalue weighted by Crippen LogP contribution is 2.20. The van der Waals surface area contributed by atoms with E-state index in [-0.39, 0.29) is 5.91 Å². The molecule has 1 aromatic heterocycles. The van der Waals surface area contributed by atoms with Crippen LogP contribution in [0.3, 0.4) is 0 Å². The van der Waals surface area contributed by atoms with Crippen molar-refractivity contribution in [1.29, 1.82) is 0 Å². The van der Waals surface area contributed by atoms with E-state index >= 15 is 0 Å². The van der Waals surface area contributed by atoms with Crippen LogP contribution in [-0.4, -0.2) is 40.3 Å². The molecule has 1 saturated heterocycles. The average molecular weight is 421 g/mol. The van der Waals surface area contributed by atoms with Crippen molar-refractivity contribution in [1.82, 2.24) is 15.1 Å². The molecule has 3 aromatic rings. The summed E-state index contributed by atoms with van der Waals surface area (Å²) >= 11 is 2.01. The molecule has 0 saturated carbocycles. The molecule has 0 radical (unpaired) electrons. The molecule has 0 aliphatic carbocycles. The predicted octanol–water partition coefficient (Wildman–Crippen LogP) is 3.98. The molecule has 2 aromatic carbocycles. The second kappa shape index (κ2) is 9.85. The molecule has 5 nitrogen and oxygen atoms in total. The van der Waals surface area contributed by atoms with Crippen molar-refractivity contribution in [3.05, 3.63) is 83.2 Å². The second-order valence-electron chi connectivity index (χ2n) is 7.45. The molecule has 4 rings (SSSR count). The van der Waals surface area contributed by atoms with Gasteiger partial charge in [0.15, 0.2) is 0 Å². The molecule has 1 amide bonds. The highest BCUT2D eigenvalue weighted by atomic mass is 32.2. The zero-order valence-electron chi connectivity index (χ0n) is 17.4. The van der Waals surface area contributed by atoms with Crippen molar-refractivity contribution < 1.29 is 4.79 Å². The lowest BCUT2D eigenvalue weighted by Crippen LogP contribution is -2.32. The molecule has 2 heterocycles. The first-order valence-electron chi connectivity index (χ1n) is 10.5. The van der Waals surface area contributed by atoms with Crippen molar-refractivity contribution in [3.63, 3.8) is 0 Å². The van der Waals surface area contributed by atoms with E-state index in [4.69, 9.17) is 0 Å². The number of benzene rings is 2. The van der Waals surface area contributed by atoms with Crippen molar-refractivity contribution in [2.24, 2.45) is 0 Å². The van der Waals surface area contributed by atoms with Gasteiger partial charge in [-0.25, -0.2) is 0 Å². The molecule has 0 atom stereocenters. The second-order valence-corrected chi connectivity index (χ2v) is 8.68. The summed E-state index contributed by atoms with van der Waals surface area (Å²) in [6.07, 6.45) is 2.45. The monoisotopic (exact) mass is 420 g/mol. The molecular weight excluding hydrogens is 392 g/mol. The molecule has 1 aliphatic rings. The smallest absolute Gasteiger partial charge is 0.255 e. The highest BCUT2D eigenvalue weighted by molar-refractivity contribution is 7.99. The minimum Gasteiger partial charge on any atom is -0.370 e. The van der Waals surface area contributed by atoms with Crippen LogP contribution >= 0.6 is 11.8 Å². The van der Waals surface area contributed by atoms with E-state index in [9.17, 15) is 4.79 Å². The summed E-state index contributed by atoms with van der Waals surface area (Å²) < 4.78 is 1.93. The number of hydrogen-bond acceptors (Lipinski definition) is 4. The normalized spacial score (nSPS) is 14.0. The third-order valence-electron chi connectivity index (χ3n) is 5.47. The van der Waals surface area contributed by atoms with Crippen LogP contribution in [0.4, 0.5) is 5.69 Å². The Morgan fingerprint density at radius 3 is 2.47 bits per heavy atom. The Labute approximate surface area is 182 Å². The Balaban J connectivity index is 1.38. The summed E-state index contributed by atoms with van der Waals surface area (Å²) in [7, 11) is 0. The summed E-state index contributed by atoms with van der Waals surface area (Å²) in [6, 6.07) is 18.7. The molecule has 0 bridgehead atoms. The molecule has 1 fully saturated rings. The van der Waals surface area contributed by atoms with Crippen LogP contribution in [0, 0.1) is 0 Å². The SMILES string of the molecule is CCc1c(C(=O)NCc2ccc(N3CCSCC3)cc2)cnn1Cc1ccccc1. The fourth-order valence-corrected chi connectivity index (χ4v) is 4.69. The number of anilines is 1. The number of carbonyl (C=O) groups excluding carboxylic acids is 1. The third kappa shape index (κ3) is 4.87. The molecule has 6 heteroatoms. The van der Waals surface area contributed by atoms with Gasteiger partial charge in [0.25, 0.3) is 5.91 Å². The van der Waals surface area contributed by atoms with Crippen molar-refractivity contribution >= 4 is 23.4 Å². The zero-order valence-corrected chi connectivity index (χ0v) is 18.2. The van der Waals surface area contributed by atoms with Gasteiger partial charge in [-0.15, -0.1) is 0 Å². The number of carbonyl (C=O) groups is 1. The van der Waals surface area contributed by atoms with Gasteiger partial charge in [0.1, 0.15) is 0 Å². The fourth-order valence-electron chi connectivity index (χ4n) is 3.79. The summed E-state index contributed by atoms with van der Waals surface area (Å²) in [5.74, 6) is 2.31. The third-order valence-corrected chi connectivity index (χ3v) is 6.41. The summed E-state index contributed by atoms with van der Waals surface area (Å²) in [5, 5.41) is 7.53. The summed E-state index contributed by atoms with van der Waals surface area (Å²) in [4.78, 5) is 15.2. The number of aromatic nitrogens is 2. The maximum absolute atomic E-state index is 12.8. The first-order valence-corrected chi connectivity index (χ1v) is 11.7. The van der Waals surface area contributed by atoms with Crippen LogP contribution in [0.15, 0.2) is 60.8 Å². The Bertz CT molecular complexity index is 963. The van der Waals surface area contributed by atoms with E-state index in [1.54, 1.807) is 6.20 Å². The van der Waals surface area contributed by atoms with Gasteiger partial charge < -0.3 is 10.2 Å². The van der Waals surface area contributed by atoms with Gasteiger partial charge in [-0.2, -0.15) is 16.9 Å². The molecule has 0 spiro atoms. The largest absolute Gasteiger partial charge is 0.370 e. The first kappa shape index (κ1) is 20.5. The first-order chi connectivity index (χ1) is 14.7. The molecule has 30 heavy (non-hydrogen) atoms. The van der Waals surface area contributed by atoms with Crippen LogP contribution in [0.5, 0.6) is 0 Å². The topological polar surface area (TPSA) is 50.2 Å². The Kier molecular flexibility index (Phi) is 6.74. The van der Waals surface area contributed by atoms with E-state index in [0.717, 1.165) is 30.8 Å². The number of rotatable bonds is 7. The average Bonchev–Trinajstić information content (AvgIpc) is 3.21. The minimum absolute atomic E-state index is 0.0664. The van der Waals surface area contributed by atoms with Crippen LogP contribution in [0.2, 0.25) is 0 Å². The fraction of sp³-hybridized carbons (Fsp3) is 0.333. The zero-order chi connectivity index (χ0) is 20.8. The lowest BCUT2D eigenvalue weighted by Gasteiger charge is -2.28. The molecular formula is C24H28N4OS. The minimum atomic E-state index is -0.0664. The molecule has 156 valence electrons. The van der Waals surface area contributed by atoms with E-state index in [0.29, 0.717) is 18.7 Å². The van der Waals surface area contributed by atoms with Gasteiger partial charge >= 0.3 is 0 Å². The van der Waals surface area contributed by atoms with E-state index in [1.807, 2.05) is 34.6 Å². The van der Waals surface area contributed by atoms with E-state index in [2.05, 4.69) is 58.6 Å². The summed E-state index contributed by atoms with van der Waals surface area (Å²) in [6.45, 7) is 5.46. The number of nitrogens with one attached hydrogen (secondary N) is 1. The van der Waals surface area contributed by atoms with Crippen LogP contribution in [0.25, 0.3) is 0 Å². The Morgan fingerprint density at radius 2 is 1.77 bits per heavy atom. The maximum Gasteiger partial charge on any atom is 0.255 e. The van der Waals surface area contributed by atoms with Gasteiger partial charge in [-0.1, -0.05) is 49.4 Å². The highest BCUT2D eigenvalue weighted by Gasteiger charge is 2.16. The van der Waals surface area contributed by atoms with Gasteiger partial charge in [0, 0.05) is 36.8 Å². The van der Waals surface area contributed by atoms with Gasteiger partial charge in [-0.3, -0.25) is 9.48 Å². The molecule has 1 N–H and O–H groups in total. The standard InChI is InChI=1S/C24H28N4OS/c1-2-23-22(17-26-28(23)18-20-6-4-3-5-7-20)24(29)25-16-19-8-10-21(11-9-19)27-12-14-30-15-13-27/h3-11,17H,2,12-16,18H2,1H3,(H,25,29). The van der Waals surface area contributed by atoms with Gasteiger partial charge in [0.2, 0.25) is 0 Å². The lowest BCUT2D eigenvalue weighted by molar-refractivity contribution is 0.0950. The van der Waals surface area contributed by atoms with Gasteiger partial charge in [-0.05, 0) is 29.7 Å².